The van der Waals surface area contributed by atoms with E-state index >= 15 is 0 Å². The van der Waals surface area contributed by atoms with E-state index in [1.54, 1.807) is 7.05 Å². The SMILES string of the molecule is Cn1cnc2c(-c3ccc(C(F)(F)F)cc3)cnc(N[C@@H]3COC[C@H](O)C3)c2c1=O. The van der Waals surface area contributed by atoms with E-state index in [0.29, 0.717) is 29.7 Å². The van der Waals surface area contributed by atoms with Crippen LogP contribution in [0.15, 0.2) is 41.6 Å². The van der Waals surface area contributed by atoms with E-state index in [2.05, 4.69) is 15.3 Å². The number of aliphatic hydroxyl groups is 1. The number of ether oxygens (including phenoxy) is 1. The van der Waals surface area contributed by atoms with Gasteiger partial charge in [-0.3, -0.25) is 4.79 Å². The molecule has 3 aromatic rings. The van der Waals surface area contributed by atoms with Crippen LogP contribution in [0, 0.1) is 0 Å². The molecule has 2 N–H and O–H groups in total. The number of anilines is 1. The van der Waals surface area contributed by atoms with E-state index in [1.165, 1.54) is 29.2 Å². The highest BCUT2D eigenvalue weighted by molar-refractivity contribution is 5.98. The van der Waals surface area contributed by atoms with Crippen LogP contribution in [-0.2, 0) is 18.0 Å². The van der Waals surface area contributed by atoms with Crippen LogP contribution in [0.5, 0.6) is 0 Å². The summed E-state index contributed by atoms with van der Waals surface area (Å²) in [5, 5.41) is 13.1. The monoisotopic (exact) mass is 420 g/mol. The van der Waals surface area contributed by atoms with Gasteiger partial charge < -0.3 is 19.7 Å². The Kier molecular flexibility index (Phi) is 5.20. The average molecular weight is 420 g/mol. The first-order valence-electron chi connectivity index (χ1n) is 9.28. The van der Waals surface area contributed by atoms with Crippen LogP contribution in [0.4, 0.5) is 19.0 Å². The van der Waals surface area contributed by atoms with Crippen LogP contribution in [0.1, 0.15) is 12.0 Å². The summed E-state index contributed by atoms with van der Waals surface area (Å²) >= 11 is 0. The first-order valence-corrected chi connectivity index (χ1v) is 9.28. The average Bonchev–Trinajstić information content (AvgIpc) is 2.70. The summed E-state index contributed by atoms with van der Waals surface area (Å²) in [5.41, 5.74) is 0.126. The Morgan fingerprint density at radius 3 is 2.60 bits per heavy atom. The molecule has 30 heavy (non-hydrogen) atoms. The molecule has 0 aliphatic carbocycles. The lowest BCUT2D eigenvalue weighted by Gasteiger charge is -2.27. The molecule has 0 bridgehead atoms. The molecule has 1 fully saturated rings. The minimum absolute atomic E-state index is 0.220. The zero-order chi connectivity index (χ0) is 21.5. The predicted octanol–water partition coefficient (Wildman–Crippen LogP) is 2.58. The van der Waals surface area contributed by atoms with Crippen LogP contribution in [-0.4, -0.2) is 45.0 Å². The van der Waals surface area contributed by atoms with Crippen molar-refractivity contribution in [2.45, 2.75) is 24.7 Å². The Bertz CT molecular complexity index is 1130. The molecule has 2 atom stereocenters. The molecule has 10 heteroatoms. The minimum Gasteiger partial charge on any atom is -0.391 e. The molecule has 3 heterocycles. The number of aryl methyl sites for hydroxylation is 1. The van der Waals surface area contributed by atoms with Crippen LogP contribution < -0.4 is 10.9 Å². The number of nitrogens with zero attached hydrogens (tertiary/aromatic N) is 3. The number of alkyl halides is 3. The Labute approximate surface area is 169 Å². The van der Waals surface area contributed by atoms with Gasteiger partial charge in [0, 0.05) is 18.8 Å². The highest BCUT2D eigenvalue weighted by atomic mass is 19.4. The number of hydrogen-bond donors (Lipinski definition) is 2. The van der Waals surface area contributed by atoms with Gasteiger partial charge in [-0.25, -0.2) is 9.97 Å². The lowest BCUT2D eigenvalue weighted by atomic mass is 10.0. The quantitative estimate of drug-likeness (QED) is 0.677. The number of nitrogens with one attached hydrogen (secondary N) is 1. The third kappa shape index (κ3) is 3.88. The minimum atomic E-state index is -4.44. The second-order valence-corrected chi connectivity index (χ2v) is 7.25. The van der Waals surface area contributed by atoms with Crippen molar-refractivity contribution < 1.29 is 23.0 Å². The highest BCUT2D eigenvalue weighted by Gasteiger charge is 2.30. The number of rotatable bonds is 3. The third-order valence-electron chi connectivity index (χ3n) is 5.00. The van der Waals surface area contributed by atoms with Crippen LogP contribution in [0.25, 0.3) is 22.0 Å². The lowest BCUT2D eigenvalue weighted by Crippen LogP contribution is -2.38. The lowest BCUT2D eigenvalue weighted by molar-refractivity contribution is -0.137. The van der Waals surface area contributed by atoms with Gasteiger partial charge in [-0.05, 0) is 24.1 Å². The Balaban J connectivity index is 1.80. The van der Waals surface area contributed by atoms with Gasteiger partial charge in [0.1, 0.15) is 11.2 Å². The van der Waals surface area contributed by atoms with Crippen LogP contribution >= 0.6 is 0 Å². The summed E-state index contributed by atoms with van der Waals surface area (Å²) in [4.78, 5) is 21.5. The fourth-order valence-electron chi connectivity index (χ4n) is 3.48. The Morgan fingerprint density at radius 2 is 1.93 bits per heavy atom. The summed E-state index contributed by atoms with van der Waals surface area (Å²) < 4.78 is 45.2. The van der Waals surface area contributed by atoms with Crippen molar-refractivity contribution in [1.82, 2.24) is 14.5 Å². The molecule has 2 aromatic heterocycles. The van der Waals surface area contributed by atoms with Gasteiger partial charge in [-0.2, -0.15) is 13.2 Å². The summed E-state index contributed by atoms with van der Waals surface area (Å²) in [6, 6.07) is 4.38. The van der Waals surface area contributed by atoms with E-state index in [1.807, 2.05) is 0 Å². The van der Waals surface area contributed by atoms with Crippen LogP contribution in [0.3, 0.4) is 0 Å². The summed E-state index contributed by atoms with van der Waals surface area (Å²) in [7, 11) is 1.55. The van der Waals surface area contributed by atoms with E-state index < -0.39 is 17.8 Å². The van der Waals surface area contributed by atoms with Gasteiger partial charge in [-0.1, -0.05) is 12.1 Å². The Hall–Kier alpha value is -2.98. The highest BCUT2D eigenvalue weighted by Crippen LogP contribution is 2.33. The maximum Gasteiger partial charge on any atom is 0.416 e. The molecule has 158 valence electrons. The van der Waals surface area contributed by atoms with E-state index in [4.69, 9.17) is 4.74 Å². The molecule has 0 unspecified atom stereocenters. The number of aliphatic hydroxyl groups excluding tert-OH is 1. The molecule has 4 rings (SSSR count). The van der Waals surface area contributed by atoms with Crippen molar-refractivity contribution in [3.8, 4) is 11.1 Å². The van der Waals surface area contributed by atoms with Crippen molar-refractivity contribution in [3.63, 3.8) is 0 Å². The second-order valence-electron chi connectivity index (χ2n) is 7.25. The van der Waals surface area contributed by atoms with Gasteiger partial charge in [0.25, 0.3) is 5.56 Å². The van der Waals surface area contributed by atoms with Gasteiger partial charge >= 0.3 is 6.18 Å². The molecule has 1 aliphatic heterocycles. The van der Waals surface area contributed by atoms with Crippen molar-refractivity contribution >= 4 is 16.7 Å². The standard InChI is InChI=1S/C20H19F3N4O3/c1-27-10-25-17-15(11-2-4-12(5-3-11)20(21,22)23)7-24-18(16(17)19(27)29)26-13-6-14(28)9-30-8-13/h2-5,7,10,13-14,28H,6,8-9H2,1H3,(H,24,26)/t13-,14+/m0/s1. The molecule has 0 amide bonds. The Morgan fingerprint density at radius 1 is 1.20 bits per heavy atom. The van der Waals surface area contributed by atoms with Crippen LogP contribution in [0.2, 0.25) is 0 Å². The molecule has 1 aliphatic rings. The first-order chi connectivity index (χ1) is 14.2. The normalized spacial score (nSPS) is 19.8. The molecule has 0 spiro atoms. The maximum atomic E-state index is 12.9. The largest absolute Gasteiger partial charge is 0.416 e. The van der Waals surface area contributed by atoms with Gasteiger partial charge in [-0.15, -0.1) is 0 Å². The van der Waals surface area contributed by atoms with Crippen molar-refractivity contribution in [2.24, 2.45) is 7.05 Å². The van der Waals surface area contributed by atoms with Crippen molar-refractivity contribution in [1.29, 1.82) is 0 Å². The predicted molar refractivity (Wildman–Crippen MR) is 104 cm³/mol. The summed E-state index contributed by atoms with van der Waals surface area (Å²) in [6.07, 6.45) is -1.79. The number of aromatic nitrogens is 3. The van der Waals surface area contributed by atoms with Gasteiger partial charge in [0.2, 0.25) is 0 Å². The fourth-order valence-corrected chi connectivity index (χ4v) is 3.48. The molecular formula is C20H19F3N4O3. The number of pyridine rings is 1. The van der Waals surface area contributed by atoms with Gasteiger partial charge in [0.15, 0.2) is 0 Å². The smallest absolute Gasteiger partial charge is 0.391 e. The molecule has 0 radical (unpaired) electrons. The topological polar surface area (TPSA) is 89.3 Å². The number of hydrogen-bond acceptors (Lipinski definition) is 6. The summed E-state index contributed by atoms with van der Waals surface area (Å²) in [6.45, 7) is 0.601. The number of halogens is 3. The van der Waals surface area contributed by atoms with Crippen molar-refractivity contribution in [3.05, 3.63) is 52.7 Å². The summed E-state index contributed by atoms with van der Waals surface area (Å²) in [5.74, 6) is 0.289. The number of benzene rings is 1. The molecular weight excluding hydrogens is 401 g/mol. The molecule has 1 saturated heterocycles. The van der Waals surface area contributed by atoms with Crippen molar-refractivity contribution in [2.75, 3.05) is 18.5 Å². The molecule has 0 saturated carbocycles. The second kappa shape index (κ2) is 7.69. The van der Waals surface area contributed by atoms with E-state index in [-0.39, 0.29) is 29.4 Å². The maximum absolute atomic E-state index is 12.9. The van der Waals surface area contributed by atoms with E-state index in [9.17, 15) is 23.1 Å². The van der Waals surface area contributed by atoms with Gasteiger partial charge in [0.05, 0.1) is 42.8 Å². The molecule has 1 aromatic carbocycles. The zero-order valence-corrected chi connectivity index (χ0v) is 16.0. The fraction of sp³-hybridized carbons (Fsp3) is 0.350. The third-order valence-corrected chi connectivity index (χ3v) is 5.00. The zero-order valence-electron chi connectivity index (χ0n) is 16.0. The van der Waals surface area contributed by atoms with E-state index in [0.717, 1.165) is 12.1 Å². The molecule has 7 nitrogen and oxygen atoms in total. The first kappa shape index (κ1) is 20.3. The number of fused-ring (bicyclic) bond motifs is 1.